The molecule has 28 heavy (non-hydrogen) atoms. The molecule has 1 saturated heterocycles. The number of rotatable bonds is 5. The number of ether oxygens (including phenoxy) is 1. The van der Waals surface area contributed by atoms with E-state index in [4.69, 9.17) is 9.72 Å². The first-order valence-corrected chi connectivity index (χ1v) is 9.59. The van der Waals surface area contributed by atoms with Crippen molar-refractivity contribution in [2.24, 2.45) is 0 Å². The minimum Gasteiger partial charge on any atom is -0.488 e. The number of aryl methyl sites for hydroxylation is 1. The minimum absolute atomic E-state index is 0.174. The smallest absolute Gasteiger partial charge is 0.137 e. The third-order valence-electron chi connectivity index (χ3n) is 5.28. The van der Waals surface area contributed by atoms with E-state index in [2.05, 4.69) is 23.1 Å². The maximum absolute atomic E-state index is 9.71. The van der Waals surface area contributed by atoms with Gasteiger partial charge in [-0.25, -0.2) is 0 Å². The fraction of sp³-hybridized carbons (Fsp3) is 0.304. The second kappa shape index (κ2) is 7.87. The Hall–Kier alpha value is -3.10. The van der Waals surface area contributed by atoms with Crippen LogP contribution in [-0.2, 0) is 6.61 Å². The van der Waals surface area contributed by atoms with Gasteiger partial charge in [0.25, 0.3) is 0 Å². The van der Waals surface area contributed by atoms with Gasteiger partial charge in [-0.05, 0) is 49.6 Å². The molecule has 4 rings (SSSR count). The van der Waals surface area contributed by atoms with Gasteiger partial charge in [0.2, 0.25) is 0 Å². The van der Waals surface area contributed by atoms with Gasteiger partial charge in [0.05, 0.1) is 23.7 Å². The van der Waals surface area contributed by atoms with Gasteiger partial charge in [0, 0.05) is 23.3 Å². The zero-order valence-electron chi connectivity index (χ0n) is 15.9. The summed E-state index contributed by atoms with van der Waals surface area (Å²) in [5.41, 5.74) is 4.56. The van der Waals surface area contributed by atoms with Crippen molar-refractivity contribution in [3.63, 3.8) is 0 Å². The summed E-state index contributed by atoms with van der Waals surface area (Å²) in [6.45, 7) is 3.51. The van der Waals surface area contributed by atoms with Gasteiger partial charge < -0.3 is 14.7 Å². The lowest BCUT2D eigenvalue weighted by molar-refractivity contribution is 0.266. The Morgan fingerprint density at radius 1 is 1.25 bits per heavy atom. The molecule has 5 heteroatoms. The van der Waals surface area contributed by atoms with Crippen LogP contribution in [0.1, 0.15) is 29.7 Å². The van der Waals surface area contributed by atoms with Crippen LogP contribution in [0.25, 0.3) is 10.9 Å². The molecule has 1 fully saturated rings. The predicted octanol–water partition coefficient (Wildman–Crippen LogP) is 3.96. The highest BCUT2D eigenvalue weighted by Gasteiger charge is 2.25. The van der Waals surface area contributed by atoms with Crippen molar-refractivity contribution in [1.82, 2.24) is 4.98 Å². The zero-order valence-corrected chi connectivity index (χ0v) is 15.9. The normalized spacial score (nSPS) is 16.3. The summed E-state index contributed by atoms with van der Waals surface area (Å²) in [6, 6.07) is 17.9. The van der Waals surface area contributed by atoms with Gasteiger partial charge in [-0.3, -0.25) is 4.98 Å². The van der Waals surface area contributed by atoms with Crippen molar-refractivity contribution in [3.8, 4) is 11.8 Å². The number of nitriles is 1. The van der Waals surface area contributed by atoms with Gasteiger partial charge in [0.15, 0.2) is 0 Å². The number of para-hydroxylation sites is 1. The molecule has 5 nitrogen and oxygen atoms in total. The van der Waals surface area contributed by atoms with E-state index in [9.17, 15) is 10.4 Å². The Bertz CT molecular complexity index is 1040. The fourth-order valence-electron chi connectivity index (χ4n) is 3.90. The topological polar surface area (TPSA) is 69.4 Å². The van der Waals surface area contributed by atoms with Crippen molar-refractivity contribution in [3.05, 3.63) is 65.4 Å². The summed E-state index contributed by atoms with van der Waals surface area (Å²) in [5, 5.41) is 20.0. The number of fused-ring (bicyclic) bond motifs is 1. The van der Waals surface area contributed by atoms with Crippen LogP contribution in [0, 0.1) is 18.3 Å². The van der Waals surface area contributed by atoms with Crippen LogP contribution in [0.5, 0.6) is 5.75 Å². The summed E-state index contributed by atoms with van der Waals surface area (Å²) in [4.78, 5) is 7.01. The number of aliphatic hydroxyl groups excluding tert-OH is 1. The van der Waals surface area contributed by atoms with Gasteiger partial charge in [0.1, 0.15) is 18.4 Å². The van der Waals surface area contributed by atoms with Crippen molar-refractivity contribution in [1.29, 1.82) is 5.26 Å². The Labute approximate surface area is 164 Å². The third-order valence-corrected chi connectivity index (χ3v) is 5.28. The highest BCUT2D eigenvalue weighted by atomic mass is 16.5. The van der Waals surface area contributed by atoms with Gasteiger partial charge in [-0.15, -0.1) is 0 Å². The average molecular weight is 373 g/mol. The number of anilines is 1. The maximum atomic E-state index is 9.71. The van der Waals surface area contributed by atoms with Crippen molar-refractivity contribution >= 4 is 16.6 Å². The molecular weight excluding hydrogens is 350 g/mol. The largest absolute Gasteiger partial charge is 0.488 e. The van der Waals surface area contributed by atoms with Crippen molar-refractivity contribution in [2.45, 2.75) is 32.4 Å². The molecule has 2 aromatic carbocycles. The summed E-state index contributed by atoms with van der Waals surface area (Å²) in [6.07, 6.45) is 2.11. The van der Waals surface area contributed by atoms with E-state index in [1.165, 1.54) is 0 Å². The molecule has 1 aromatic heterocycles. The zero-order chi connectivity index (χ0) is 19.5. The third kappa shape index (κ3) is 3.51. The number of hydrogen-bond acceptors (Lipinski definition) is 5. The molecule has 0 spiro atoms. The molecule has 1 N–H and O–H groups in total. The van der Waals surface area contributed by atoms with E-state index in [0.29, 0.717) is 17.9 Å². The van der Waals surface area contributed by atoms with E-state index in [1.54, 1.807) is 6.07 Å². The second-order valence-electron chi connectivity index (χ2n) is 7.20. The molecule has 0 radical (unpaired) electrons. The van der Waals surface area contributed by atoms with Gasteiger partial charge >= 0.3 is 0 Å². The highest BCUT2D eigenvalue weighted by Crippen LogP contribution is 2.33. The van der Waals surface area contributed by atoms with Gasteiger partial charge in [-0.1, -0.05) is 24.3 Å². The molecule has 1 aliphatic rings. The molecule has 1 atom stereocenters. The molecule has 0 aliphatic carbocycles. The predicted molar refractivity (Wildman–Crippen MR) is 109 cm³/mol. The average Bonchev–Trinajstić information content (AvgIpc) is 3.20. The number of nitrogens with zero attached hydrogens (tertiary/aromatic N) is 3. The van der Waals surface area contributed by atoms with Crippen LogP contribution in [0.4, 0.5) is 5.69 Å². The lowest BCUT2D eigenvalue weighted by atomic mass is 10.1. The Morgan fingerprint density at radius 2 is 2.11 bits per heavy atom. The molecule has 0 saturated carbocycles. The van der Waals surface area contributed by atoms with Crippen LogP contribution < -0.4 is 9.64 Å². The van der Waals surface area contributed by atoms with E-state index < -0.39 is 0 Å². The molecule has 3 aromatic rings. The van der Waals surface area contributed by atoms with E-state index in [0.717, 1.165) is 47.2 Å². The first-order chi connectivity index (χ1) is 13.7. The highest BCUT2D eigenvalue weighted by molar-refractivity contribution is 5.92. The fourth-order valence-corrected chi connectivity index (χ4v) is 3.90. The first kappa shape index (κ1) is 18.3. The number of aliphatic hydroxyl groups is 1. The minimum atomic E-state index is 0.174. The van der Waals surface area contributed by atoms with Crippen LogP contribution in [-0.4, -0.2) is 29.3 Å². The Kier molecular flexibility index (Phi) is 5.14. The molecule has 142 valence electrons. The van der Waals surface area contributed by atoms with E-state index in [1.807, 2.05) is 37.3 Å². The maximum Gasteiger partial charge on any atom is 0.137 e. The molecule has 2 heterocycles. The summed E-state index contributed by atoms with van der Waals surface area (Å²) < 4.78 is 5.86. The Morgan fingerprint density at radius 3 is 2.93 bits per heavy atom. The van der Waals surface area contributed by atoms with Crippen molar-refractivity contribution in [2.75, 3.05) is 18.1 Å². The molecule has 0 bridgehead atoms. The van der Waals surface area contributed by atoms with Crippen molar-refractivity contribution < 1.29 is 9.84 Å². The Balaban J connectivity index is 1.63. The van der Waals surface area contributed by atoms with Crippen LogP contribution in [0.15, 0.2) is 48.5 Å². The number of pyridine rings is 1. The van der Waals surface area contributed by atoms with Gasteiger partial charge in [-0.2, -0.15) is 5.26 Å². The van der Waals surface area contributed by atoms with Crippen LogP contribution in [0.2, 0.25) is 0 Å². The number of hydrogen-bond donors (Lipinski definition) is 1. The second-order valence-corrected chi connectivity index (χ2v) is 7.20. The summed E-state index contributed by atoms with van der Waals surface area (Å²) in [5.74, 6) is 0.589. The van der Waals surface area contributed by atoms with Crippen LogP contribution in [0.3, 0.4) is 0 Å². The van der Waals surface area contributed by atoms with E-state index in [-0.39, 0.29) is 12.6 Å². The monoisotopic (exact) mass is 373 g/mol. The number of benzene rings is 2. The molecule has 0 amide bonds. The lowest BCUT2D eigenvalue weighted by Crippen LogP contribution is -2.32. The summed E-state index contributed by atoms with van der Waals surface area (Å²) in [7, 11) is 0. The molecule has 0 unspecified atom stereocenters. The van der Waals surface area contributed by atoms with E-state index >= 15 is 0 Å². The SMILES string of the molecule is Cc1cc(N2CCC[C@H]2CO)c2ccc(COc3ccccc3C#N)cc2n1. The molecule has 1 aliphatic heterocycles. The molecular formula is C23H23N3O2. The number of aromatic nitrogens is 1. The van der Waals surface area contributed by atoms with Crippen LogP contribution >= 0.6 is 0 Å². The summed E-state index contributed by atoms with van der Waals surface area (Å²) >= 11 is 0. The quantitative estimate of drug-likeness (QED) is 0.733. The lowest BCUT2D eigenvalue weighted by Gasteiger charge is -2.27. The first-order valence-electron chi connectivity index (χ1n) is 9.59. The standard InChI is InChI=1S/C23H23N3O2/c1-16-11-22(26-10-4-6-19(26)14-27)20-9-8-17(12-21(20)25-16)15-28-23-7-3-2-5-18(23)13-24/h2-3,5,7-9,11-12,19,27H,4,6,10,14-15H2,1H3/t19-/m0/s1.